The van der Waals surface area contributed by atoms with Crippen molar-refractivity contribution < 1.29 is 22.4 Å². The first-order valence-electron chi connectivity index (χ1n) is 9.24. The molecule has 0 saturated heterocycles. The SMILES string of the molecule is O=C(CCc1ccccn1)N[C@@H](c1ccc(CF)cc1)c1ncccc1C(F)(F)F. The smallest absolute Gasteiger partial charge is 0.344 e. The number of pyridine rings is 2. The van der Waals surface area contributed by atoms with Gasteiger partial charge in [0.2, 0.25) is 5.91 Å². The summed E-state index contributed by atoms with van der Waals surface area (Å²) in [7, 11) is 0. The highest BCUT2D eigenvalue weighted by Gasteiger charge is 2.36. The lowest BCUT2D eigenvalue weighted by Crippen LogP contribution is -2.32. The monoisotopic (exact) mass is 417 g/mol. The molecule has 0 radical (unpaired) electrons. The molecule has 2 aromatic heterocycles. The number of rotatable bonds is 7. The molecule has 1 aromatic carbocycles. The minimum atomic E-state index is -4.64. The van der Waals surface area contributed by atoms with E-state index in [1.165, 1.54) is 36.5 Å². The molecule has 0 aliphatic heterocycles. The van der Waals surface area contributed by atoms with E-state index in [0.717, 1.165) is 6.07 Å². The van der Waals surface area contributed by atoms with Crippen LogP contribution in [-0.2, 0) is 24.1 Å². The van der Waals surface area contributed by atoms with Crippen LogP contribution in [0.25, 0.3) is 0 Å². The van der Waals surface area contributed by atoms with Crippen molar-refractivity contribution >= 4 is 5.91 Å². The number of carbonyl (C=O) groups excluding carboxylic acids is 1. The van der Waals surface area contributed by atoms with Crippen LogP contribution in [0.15, 0.2) is 67.0 Å². The summed E-state index contributed by atoms with van der Waals surface area (Å²) in [6.45, 7) is -0.696. The van der Waals surface area contributed by atoms with Gasteiger partial charge in [-0.3, -0.25) is 14.8 Å². The maximum atomic E-state index is 13.5. The van der Waals surface area contributed by atoms with Crippen LogP contribution in [0.4, 0.5) is 17.6 Å². The van der Waals surface area contributed by atoms with Gasteiger partial charge in [-0.05, 0) is 41.8 Å². The molecule has 30 heavy (non-hydrogen) atoms. The van der Waals surface area contributed by atoms with Crippen LogP contribution in [0.1, 0.15) is 40.5 Å². The van der Waals surface area contributed by atoms with Crippen LogP contribution in [0.2, 0.25) is 0 Å². The average Bonchev–Trinajstić information content (AvgIpc) is 2.76. The fourth-order valence-corrected chi connectivity index (χ4v) is 3.02. The van der Waals surface area contributed by atoms with Gasteiger partial charge in [-0.25, -0.2) is 4.39 Å². The molecule has 1 atom stereocenters. The van der Waals surface area contributed by atoms with Crippen molar-refractivity contribution in [3.05, 3.63) is 95.1 Å². The number of aryl methyl sites for hydroxylation is 1. The summed E-state index contributed by atoms with van der Waals surface area (Å²) in [5.74, 6) is -0.445. The molecule has 2 heterocycles. The zero-order chi connectivity index (χ0) is 21.6. The molecule has 3 aromatic rings. The Morgan fingerprint density at radius 2 is 1.70 bits per heavy atom. The van der Waals surface area contributed by atoms with Crippen LogP contribution in [0, 0.1) is 0 Å². The molecule has 0 aliphatic carbocycles. The highest BCUT2D eigenvalue weighted by molar-refractivity contribution is 5.77. The molecule has 3 rings (SSSR count). The molecule has 0 bridgehead atoms. The van der Waals surface area contributed by atoms with Gasteiger partial charge < -0.3 is 5.32 Å². The summed E-state index contributed by atoms with van der Waals surface area (Å²) in [6, 6.07) is 12.2. The maximum absolute atomic E-state index is 13.5. The van der Waals surface area contributed by atoms with Crippen molar-refractivity contribution in [2.24, 2.45) is 0 Å². The molecule has 8 heteroatoms. The van der Waals surface area contributed by atoms with Crippen molar-refractivity contribution in [3.8, 4) is 0 Å². The zero-order valence-corrected chi connectivity index (χ0v) is 15.9. The van der Waals surface area contributed by atoms with Gasteiger partial charge in [-0.15, -0.1) is 0 Å². The summed E-state index contributed by atoms with van der Waals surface area (Å²) in [4.78, 5) is 20.6. The molecule has 156 valence electrons. The van der Waals surface area contributed by atoms with Crippen LogP contribution in [0.5, 0.6) is 0 Å². The third-order valence-corrected chi connectivity index (χ3v) is 4.52. The fourth-order valence-electron chi connectivity index (χ4n) is 3.02. The van der Waals surface area contributed by atoms with Gasteiger partial charge in [0.1, 0.15) is 6.67 Å². The quantitative estimate of drug-likeness (QED) is 0.562. The zero-order valence-electron chi connectivity index (χ0n) is 15.9. The van der Waals surface area contributed by atoms with Gasteiger partial charge in [-0.1, -0.05) is 30.3 Å². The van der Waals surface area contributed by atoms with E-state index < -0.39 is 30.4 Å². The van der Waals surface area contributed by atoms with E-state index in [-0.39, 0.29) is 12.1 Å². The normalized spacial score (nSPS) is 12.4. The van der Waals surface area contributed by atoms with Crippen molar-refractivity contribution in [3.63, 3.8) is 0 Å². The summed E-state index contributed by atoms with van der Waals surface area (Å²) in [6.07, 6.45) is -1.41. The number of hydrogen-bond acceptors (Lipinski definition) is 3. The van der Waals surface area contributed by atoms with Gasteiger partial charge in [0.05, 0.1) is 17.3 Å². The van der Waals surface area contributed by atoms with E-state index in [4.69, 9.17) is 0 Å². The van der Waals surface area contributed by atoms with Crippen LogP contribution < -0.4 is 5.32 Å². The summed E-state index contributed by atoms with van der Waals surface area (Å²) in [5.41, 5.74) is 0.211. The van der Waals surface area contributed by atoms with Crippen molar-refractivity contribution in [2.75, 3.05) is 0 Å². The number of aromatic nitrogens is 2. The van der Waals surface area contributed by atoms with E-state index >= 15 is 0 Å². The number of nitrogens with zero attached hydrogens (tertiary/aromatic N) is 2. The number of carbonyl (C=O) groups is 1. The maximum Gasteiger partial charge on any atom is 0.418 e. The van der Waals surface area contributed by atoms with Crippen LogP contribution in [0.3, 0.4) is 0 Å². The Kier molecular flexibility index (Phi) is 6.76. The average molecular weight is 417 g/mol. The Bertz CT molecular complexity index is 976. The topological polar surface area (TPSA) is 54.9 Å². The highest BCUT2D eigenvalue weighted by Crippen LogP contribution is 2.35. The predicted octanol–water partition coefficient (Wildman–Crippen LogP) is 4.80. The standard InChI is InChI=1S/C22H19F4N3O/c23-14-15-6-8-16(9-7-15)20(21-18(22(24,25)26)5-3-13-28-21)29-19(30)11-10-17-4-1-2-12-27-17/h1-9,12-13,20H,10-11,14H2,(H,29,30)/t20-/m0/s1. The summed E-state index contributed by atoms with van der Waals surface area (Å²) in [5, 5.41) is 2.65. The van der Waals surface area contributed by atoms with E-state index in [9.17, 15) is 22.4 Å². The second-order valence-electron chi connectivity index (χ2n) is 6.63. The van der Waals surface area contributed by atoms with Crippen molar-refractivity contribution in [1.82, 2.24) is 15.3 Å². The lowest BCUT2D eigenvalue weighted by molar-refractivity contribution is -0.139. The van der Waals surface area contributed by atoms with Gasteiger partial charge in [0, 0.05) is 24.5 Å². The molecular formula is C22H19F4N3O. The first-order valence-corrected chi connectivity index (χ1v) is 9.24. The Balaban J connectivity index is 1.89. The number of amides is 1. The van der Waals surface area contributed by atoms with Crippen LogP contribution in [-0.4, -0.2) is 15.9 Å². The Morgan fingerprint density at radius 3 is 2.33 bits per heavy atom. The summed E-state index contributed by atoms with van der Waals surface area (Å²) < 4.78 is 53.5. The third-order valence-electron chi connectivity index (χ3n) is 4.52. The van der Waals surface area contributed by atoms with Gasteiger partial charge in [0.25, 0.3) is 0 Å². The Hall–Kier alpha value is -3.29. The van der Waals surface area contributed by atoms with Gasteiger partial charge in [-0.2, -0.15) is 13.2 Å². The van der Waals surface area contributed by atoms with Crippen molar-refractivity contribution in [1.29, 1.82) is 0 Å². The van der Waals surface area contributed by atoms with Gasteiger partial charge >= 0.3 is 6.18 Å². The highest BCUT2D eigenvalue weighted by atomic mass is 19.4. The number of benzene rings is 1. The molecule has 1 N–H and O–H groups in total. The summed E-state index contributed by atoms with van der Waals surface area (Å²) >= 11 is 0. The Morgan fingerprint density at radius 1 is 0.967 bits per heavy atom. The van der Waals surface area contributed by atoms with Gasteiger partial charge in [0.15, 0.2) is 0 Å². The third kappa shape index (κ3) is 5.40. The molecule has 0 spiro atoms. The molecule has 4 nitrogen and oxygen atoms in total. The lowest BCUT2D eigenvalue weighted by Gasteiger charge is -2.22. The van der Waals surface area contributed by atoms with E-state index in [1.807, 2.05) is 0 Å². The van der Waals surface area contributed by atoms with E-state index in [0.29, 0.717) is 23.2 Å². The van der Waals surface area contributed by atoms with Crippen LogP contribution >= 0.6 is 0 Å². The number of alkyl halides is 4. The largest absolute Gasteiger partial charge is 0.418 e. The molecule has 1 amide bonds. The minimum absolute atomic E-state index is 0.0459. The molecule has 0 aliphatic rings. The molecule has 0 saturated carbocycles. The number of nitrogens with one attached hydrogen (secondary N) is 1. The minimum Gasteiger partial charge on any atom is -0.344 e. The van der Waals surface area contributed by atoms with Crippen molar-refractivity contribution in [2.45, 2.75) is 31.7 Å². The number of halogens is 4. The fraction of sp³-hybridized carbons (Fsp3) is 0.227. The Labute approximate surface area is 171 Å². The number of hydrogen-bond donors (Lipinski definition) is 1. The molecule has 0 fully saturated rings. The van der Waals surface area contributed by atoms with E-state index in [2.05, 4.69) is 15.3 Å². The molecular weight excluding hydrogens is 398 g/mol. The second kappa shape index (κ2) is 9.47. The molecule has 0 unspecified atom stereocenters. The second-order valence-corrected chi connectivity index (χ2v) is 6.63. The van der Waals surface area contributed by atoms with E-state index in [1.54, 1.807) is 24.4 Å². The first-order chi connectivity index (χ1) is 14.4. The predicted molar refractivity (Wildman–Crippen MR) is 103 cm³/mol. The first kappa shape index (κ1) is 21.4. The lowest BCUT2D eigenvalue weighted by atomic mass is 9.97.